The lowest BCUT2D eigenvalue weighted by Gasteiger charge is -2.11. The number of rotatable bonds is 9. The molecule has 1 aliphatic carbocycles. The molecule has 3 aromatic carbocycles. The molecule has 0 saturated heterocycles. The Morgan fingerprint density at radius 2 is 1.84 bits per heavy atom. The standard InChI is InChI=1S/C29H27F2N3O4/c1-37-29(36)26-22(3-2-4-24(26)30)18-5-6-19(25(31)14-18)15-34-28(35)23-13-20(23)16-38-21-9-7-17(8-10-21)27-32-11-12-33-27/h2-10,14,20,23H,11-13,15-16H2,1H3,(H,32,33)(H,34,35). The Bertz CT molecular complexity index is 1390. The van der Waals surface area contributed by atoms with Crippen LogP contribution in [0.2, 0.25) is 0 Å². The lowest BCUT2D eigenvalue weighted by Crippen LogP contribution is -2.26. The Hall–Kier alpha value is -4.27. The van der Waals surface area contributed by atoms with Gasteiger partial charge in [0, 0.05) is 36.1 Å². The average Bonchev–Trinajstić information content (AvgIpc) is 3.51. The van der Waals surface area contributed by atoms with E-state index in [0.717, 1.165) is 43.4 Å². The monoisotopic (exact) mass is 519 g/mol. The normalized spacial score (nSPS) is 17.8. The first kappa shape index (κ1) is 25.4. The number of halogens is 2. The number of carbonyl (C=O) groups is 2. The number of amides is 1. The van der Waals surface area contributed by atoms with E-state index in [1.807, 2.05) is 24.3 Å². The maximum Gasteiger partial charge on any atom is 0.341 e. The third kappa shape index (κ3) is 5.51. The number of benzene rings is 3. The lowest BCUT2D eigenvalue weighted by molar-refractivity contribution is -0.122. The molecule has 5 rings (SSSR count). The van der Waals surface area contributed by atoms with Gasteiger partial charge in [0.1, 0.15) is 28.8 Å². The van der Waals surface area contributed by atoms with Crippen LogP contribution in [-0.4, -0.2) is 44.5 Å². The molecule has 38 heavy (non-hydrogen) atoms. The van der Waals surface area contributed by atoms with Crippen LogP contribution in [0.25, 0.3) is 11.1 Å². The second-order valence-electron chi connectivity index (χ2n) is 9.27. The van der Waals surface area contributed by atoms with E-state index in [0.29, 0.717) is 18.6 Å². The van der Waals surface area contributed by atoms with Gasteiger partial charge in [-0.2, -0.15) is 0 Å². The molecule has 2 unspecified atom stereocenters. The van der Waals surface area contributed by atoms with Crippen LogP contribution >= 0.6 is 0 Å². The van der Waals surface area contributed by atoms with Crippen molar-refractivity contribution in [3.63, 3.8) is 0 Å². The summed E-state index contributed by atoms with van der Waals surface area (Å²) in [4.78, 5) is 29.0. The first-order chi connectivity index (χ1) is 18.4. The van der Waals surface area contributed by atoms with Crippen molar-refractivity contribution in [3.8, 4) is 16.9 Å². The van der Waals surface area contributed by atoms with E-state index in [4.69, 9.17) is 4.74 Å². The lowest BCUT2D eigenvalue weighted by atomic mass is 9.98. The summed E-state index contributed by atoms with van der Waals surface area (Å²) in [6.07, 6.45) is 0.710. The van der Waals surface area contributed by atoms with Crippen molar-refractivity contribution in [2.75, 3.05) is 26.8 Å². The second-order valence-corrected chi connectivity index (χ2v) is 9.27. The topological polar surface area (TPSA) is 89.0 Å². The number of aliphatic imine (C=N–C) groups is 1. The Morgan fingerprint density at radius 1 is 1.05 bits per heavy atom. The van der Waals surface area contributed by atoms with Crippen LogP contribution in [0.4, 0.5) is 8.78 Å². The molecule has 0 bridgehead atoms. The van der Waals surface area contributed by atoms with Crippen LogP contribution in [0.15, 0.2) is 65.7 Å². The molecule has 2 aliphatic rings. The predicted molar refractivity (Wildman–Crippen MR) is 138 cm³/mol. The number of hydrogen-bond acceptors (Lipinski definition) is 6. The van der Waals surface area contributed by atoms with Gasteiger partial charge in [-0.1, -0.05) is 24.3 Å². The minimum absolute atomic E-state index is 0.0153. The highest BCUT2D eigenvalue weighted by Gasteiger charge is 2.43. The molecule has 1 saturated carbocycles. The van der Waals surface area contributed by atoms with Crippen molar-refractivity contribution in [2.24, 2.45) is 16.8 Å². The van der Waals surface area contributed by atoms with Crippen molar-refractivity contribution in [3.05, 3.63) is 89.0 Å². The maximum absolute atomic E-state index is 14.8. The van der Waals surface area contributed by atoms with E-state index in [2.05, 4.69) is 20.4 Å². The molecule has 1 fully saturated rings. The predicted octanol–water partition coefficient (Wildman–Crippen LogP) is 4.10. The van der Waals surface area contributed by atoms with Gasteiger partial charge in [-0.05, 0) is 53.9 Å². The minimum Gasteiger partial charge on any atom is -0.493 e. The summed E-state index contributed by atoms with van der Waals surface area (Å²) in [6, 6.07) is 16.1. The molecular weight excluding hydrogens is 492 g/mol. The molecule has 1 aliphatic heterocycles. The number of amidine groups is 1. The summed E-state index contributed by atoms with van der Waals surface area (Å²) in [5.74, 6) is -0.762. The van der Waals surface area contributed by atoms with Crippen molar-refractivity contribution < 1.29 is 27.8 Å². The fourth-order valence-corrected chi connectivity index (χ4v) is 4.50. The highest BCUT2D eigenvalue weighted by Crippen LogP contribution is 2.39. The van der Waals surface area contributed by atoms with Crippen LogP contribution in [0.1, 0.15) is 27.9 Å². The van der Waals surface area contributed by atoms with Gasteiger partial charge >= 0.3 is 5.97 Å². The fraction of sp³-hybridized carbons (Fsp3) is 0.276. The van der Waals surface area contributed by atoms with Crippen molar-refractivity contribution >= 4 is 17.7 Å². The molecular formula is C29H27F2N3O4. The van der Waals surface area contributed by atoms with E-state index in [-0.39, 0.29) is 41.0 Å². The quantitative estimate of drug-likeness (QED) is 0.416. The number of hydrogen-bond donors (Lipinski definition) is 2. The van der Waals surface area contributed by atoms with Crippen LogP contribution in [0, 0.1) is 23.5 Å². The summed E-state index contributed by atoms with van der Waals surface area (Å²) in [5, 5.41) is 6.02. The Kier molecular flexibility index (Phi) is 7.35. The van der Waals surface area contributed by atoms with E-state index < -0.39 is 17.6 Å². The van der Waals surface area contributed by atoms with Crippen LogP contribution in [0.3, 0.4) is 0 Å². The molecule has 0 aromatic heterocycles. The third-order valence-corrected chi connectivity index (χ3v) is 6.75. The van der Waals surface area contributed by atoms with Crippen molar-refractivity contribution in [2.45, 2.75) is 13.0 Å². The minimum atomic E-state index is -0.842. The number of methoxy groups -OCH3 is 1. The summed E-state index contributed by atoms with van der Waals surface area (Å²) in [5.41, 5.74) is 1.60. The van der Waals surface area contributed by atoms with Gasteiger partial charge in [-0.25, -0.2) is 13.6 Å². The summed E-state index contributed by atoms with van der Waals surface area (Å²) in [7, 11) is 1.16. The highest BCUT2D eigenvalue weighted by molar-refractivity contribution is 5.99. The largest absolute Gasteiger partial charge is 0.493 e. The van der Waals surface area contributed by atoms with E-state index in [1.165, 1.54) is 24.3 Å². The first-order valence-electron chi connectivity index (χ1n) is 12.4. The van der Waals surface area contributed by atoms with Crippen molar-refractivity contribution in [1.29, 1.82) is 0 Å². The molecule has 9 heteroatoms. The summed E-state index contributed by atoms with van der Waals surface area (Å²) < 4.78 is 39.6. The number of nitrogens with zero attached hydrogens (tertiary/aromatic N) is 1. The van der Waals surface area contributed by atoms with Gasteiger partial charge in [0.25, 0.3) is 0 Å². The molecule has 196 valence electrons. The Morgan fingerprint density at radius 3 is 2.55 bits per heavy atom. The third-order valence-electron chi connectivity index (χ3n) is 6.75. The molecule has 7 nitrogen and oxygen atoms in total. The smallest absolute Gasteiger partial charge is 0.341 e. The van der Waals surface area contributed by atoms with Gasteiger partial charge in [0.05, 0.1) is 20.3 Å². The maximum atomic E-state index is 14.8. The van der Waals surface area contributed by atoms with Gasteiger partial charge in [-0.3, -0.25) is 9.79 Å². The highest BCUT2D eigenvalue weighted by atomic mass is 19.1. The second kappa shape index (κ2) is 11.0. The van der Waals surface area contributed by atoms with Gasteiger partial charge in [-0.15, -0.1) is 0 Å². The fourth-order valence-electron chi connectivity index (χ4n) is 4.50. The van der Waals surface area contributed by atoms with Gasteiger partial charge in [0.2, 0.25) is 5.91 Å². The molecule has 1 amide bonds. The average molecular weight is 520 g/mol. The SMILES string of the molecule is COC(=O)c1c(F)cccc1-c1ccc(CNC(=O)C2CC2COc2ccc(C3=NCCN3)cc2)c(F)c1. The van der Waals surface area contributed by atoms with Crippen LogP contribution < -0.4 is 15.4 Å². The number of ether oxygens (including phenoxy) is 2. The Labute approximate surface area is 218 Å². The number of carbonyl (C=O) groups excluding carboxylic acids is 2. The van der Waals surface area contributed by atoms with E-state index >= 15 is 0 Å². The molecule has 0 spiro atoms. The number of nitrogens with one attached hydrogen (secondary N) is 2. The molecule has 0 radical (unpaired) electrons. The summed E-state index contributed by atoms with van der Waals surface area (Å²) in [6.45, 7) is 2.07. The summed E-state index contributed by atoms with van der Waals surface area (Å²) >= 11 is 0. The zero-order chi connectivity index (χ0) is 26.6. The van der Waals surface area contributed by atoms with Crippen molar-refractivity contribution in [1.82, 2.24) is 10.6 Å². The first-order valence-corrected chi connectivity index (χ1v) is 12.4. The molecule has 1 heterocycles. The van der Waals surface area contributed by atoms with E-state index in [1.54, 1.807) is 6.07 Å². The van der Waals surface area contributed by atoms with Crippen LogP contribution in [-0.2, 0) is 16.1 Å². The zero-order valence-corrected chi connectivity index (χ0v) is 20.8. The Balaban J connectivity index is 1.13. The zero-order valence-electron chi connectivity index (χ0n) is 20.8. The molecule has 2 N–H and O–H groups in total. The molecule has 3 aromatic rings. The van der Waals surface area contributed by atoms with Gasteiger partial charge < -0.3 is 20.1 Å². The number of esters is 1. The molecule has 2 atom stereocenters. The van der Waals surface area contributed by atoms with Gasteiger partial charge in [0.15, 0.2) is 0 Å². The van der Waals surface area contributed by atoms with E-state index in [9.17, 15) is 18.4 Å². The van der Waals surface area contributed by atoms with Crippen LogP contribution in [0.5, 0.6) is 5.75 Å².